The van der Waals surface area contributed by atoms with Crippen molar-refractivity contribution in [1.29, 1.82) is 0 Å². The van der Waals surface area contributed by atoms with Crippen LogP contribution in [0.25, 0.3) is 33.4 Å². The van der Waals surface area contributed by atoms with Crippen LogP contribution in [0, 0.1) is 0 Å². The summed E-state index contributed by atoms with van der Waals surface area (Å²) in [5.74, 6) is 0. The highest BCUT2D eigenvalue weighted by Crippen LogP contribution is 2.60. The monoisotopic (exact) mass is 913 g/mol. The van der Waals surface area contributed by atoms with Crippen molar-refractivity contribution in [1.82, 2.24) is 0 Å². The predicted octanol–water partition coefficient (Wildman–Crippen LogP) is 18.1. The predicted molar refractivity (Wildman–Crippen MR) is 299 cm³/mol. The Kier molecular flexibility index (Phi) is 10.5. The lowest BCUT2D eigenvalue weighted by atomic mass is 9.67. The van der Waals surface area contributed by atoms with Crippen molar-refractivity contribution in [2.24, 2.45) is 0 Å². The fourth-order valence-corrected chi connectivity index (χ4v) is 12.2. The molecule has 0 atom stereocenters. The van der Waals surface area contributed by atoms with E-state index in [-0.39, 0.29) is 10.8 Å². The van der Waals surface area contributed by atoms with Crippen LogP contribution in [0.4, 0.5) is 17.1 Å². The van der Waals surface area contributed by atoms with E-state index >= 15 is 0 Å². The van der Waals surface area contributed by atoms with Crippen LogP contribution in [0.5, 0.6) is 0 Å². The van der Waals surface area contributed by atoms with Gasteiger partial charge in [-0.3, -0.25) is 0 Å². The third-order valence-corrected chi connectivity index (χ3v) is 15.6. The number of para-hydroxylation sites is 1. The van der Waals surface area contributed by atoms with Crippen LogP contribution < -0.4 is 4.90 Å². The van der Waals surface area contributed by atoms with Crippen LogP contribution in [-0.2, 0) is 21.7 Å². The van der Waals surface area contributed by atoms with Gasteiger partial charge >= 0.3 is 0 Å². The van der Waals surface area contributed by atoms with Gasteiger partial charge in [-0.1, -0.05) is 260 Å². The SMILES string of the molecule is CC(C)(C)c1ccc(C2(c3ccc(C(C)(C)C)cc3)c3ccccc3-c3cc(N(c4ccc5c(c4)C(c4ccccc4)(c4ccccc4)c4ccccc4-5)c4ccccc4-c4ccccc4)ccc32)cc1. The Morgan fingerprint density at radius 2 is 0.662 bits per heavy atom. The minimum Gasteiger partial charge on any atom is -0.310 e. The van der Waals surface area contributed by atoms with Crippen molar-refractivity contribution in [2.45, 2.75) is 63.2 Å². The Labute approximate surface area is 420 Å². The van der Waals surface area contributed by atoms with Crippen LogP contribution in [-0.4, -0.2) is 0 Å². The molecule has 344 valence electrons. The van der Waals surface area contributed by atoms with E-state index < -0.39 is 10.8 Å². The molecule has 71 heavy (non-hydrogen) atoms. The van der Waals surface area contributed by atoms with Crippen molar-refractivity contribution < 1.29 is 0 Å². The standard InChI is InChI=1S/C70H59N/c1-67(2,3)49-34-38-53(39-35-49)69(54-40-36-50(37-41-54)68(4,5)6)63-32-20-17-30-59(63)61-46-55(43-45-64(61)69)71(66-33-21-18-28-57(66)48-22-10-7-11-23-48)56-42-44-60-58-29-16-19-31-62(58)70(65(60)47-56,51-24-12-8-13-25-51)52-26-14-9-15-27-52/h7-47H,1-6H3. The van der Waals surface area contributed by atoms with E-state index in [9.17, 15) is 0 Å². The zero-order valence-electron chi connectivity index (χ0n) is 41.6. The molecule has 0 heterocycles. The van der Waals surface area contributed by atoms with Crippen LogP contribution in [0.2, 0.25) is 0 Å². The molecule has 1 nitrogen and oxygen atoms in total. The quantitative estimate of drug-likeness (QED) is 0.147. The van der Waals surface area contributed by atoms with Gasteiger partial charge in [0.15, 0.2) is 0 Å². The van der Waals surface area contributed by atoms with Gasteiger partial charge in [-0.15, -0.1) is 0 Å². The summed E-state index contributed by atoms with van der Waals surface area (Å²) in [5, 5.41) is 0. The fraction of sp³-hybridized carbons (Fsp3) is 0.143. The van der Waals surface area contributed by atoms with Gasteiger partial charge < -0.3 is 4.90 Å². The summed E-state index contributed by atoms with van der Waals surface area (Å²) >= 11 is 0. The lowest BCUT2D eigenvalue weighted by Gasteiger charge is -2.36. The lowest BCUT2D eigenvalue weighted by molar-refractivity contribution is 0.588. The van der Waals surface area contributed by atoms with E-state index in [1.807, 2.05) is 0 Å². The summed E-state index contributed by atoms with van der Waals surface area (Å²) in [7, 11) is 0. The van der Waals surface area contributed by atoms with Crippen LogP contribution in [0.3, 0.4) is 0 Å². The molecule has 0 unspecified atom stereocenters. The molecule has 0 aliphatic heterocycles. The first kappa shape index (κ1) is 44.2. The average molecular weight is 914 g/mol. The molecule has 0 saturated carbocycles. The third-order valence-electron chi connectivity index (χ3n) is 15.6. The third kappa shape index (κ3) is 6.97. The van der Waals surface area contributed by atoms with Gasteiger partial charge in [0.1, 0.15) is 0 Å². The number of hydrogen-bond acceptors (Lipinski definition) is 1. The van der Waals surface area contributed by atoms with E-state index in [1.165, 1.54) is 89.0 Å². The number of fused-ring (bicyclic) bond motifs is 6. The molecule has 0 N–H and O–H groups in total. The molecule has 0 amide bonds. The molecule has 0 fully saturated rings. The van der Waals surface area contributed by atoms with Gasteiger partial charge in [0.05, 0.1) is 16.5 Å². The second kappa shape index (κ2) is 16.9. The first-order valence-electron chi connectivity index (χ1n) is 25.3. The van der Waals surface area contributed by atoms with Gasteiger partial charge in [0.25, 0.3) is 0 Å². The summed E-state index contributed by atoms with van der Waals surface area (Å²) in [6.45, 7) is 13.8. The maximum atomic E-state index is 2.52. The molecule has 2 aliphatic rings. The molecule has 0 saturated heterocycles. The summed E-state index contributed by atoms with van der Waals surface area (Å²) in [4.78, 5) is 2.52. The molecular formula is C70H59N. The highest BCUT2D eigenvalue weighted by molar-refractivity contribution is 5.95. The molecule has 0 spiro atoms. The molecule has 0 radical (unpaired) electrons. The zero-order chi connectivity index (χ0) is 48.5. The van der Waals surface area contributed by atoms with Gasteiger partial charge in [0.2, 0.25) is 0 Å². The summed E-state index contributed by atoms with van der Waals surface area (Å²) in [5.41, 5.74) is 22.6. The molecule has 0 aromatic heterocycles. The van der Waals surface area contributed by atoms with Crippen molar-refractivity contribution >= 4 is 17.1 Å². The summed E-state index contributed by atoms with van der Waals surface area (Å²) in [6, 6.07) is 93.8. The first-order chi connectivity index (χ1) is 34.5. The molecule has 2 aliphatic carbocycles. The number of benzene rings is 10. The van der Waals surface area contributed by atoms with Crippen molar-refractivity contribution in [3.63, 3.8) is 0 Å². The molecule has 1 heteroatoms. The van der Waals surface area contributed by atoms with Crippen LogP contribution in [0.1, 0.15) is 97.2 Å². The summed E-state index contributed by atoms with van der Waals surface area (Å²) < 4.78 is 0. The fourth-order valence-electron chi connectivity index (χ4n) is 12.2. The molecule has 10 aromatic carbocycles. The van der Waals surface area contributed by atoms with Gasteiger partial charge in [-0.2, -0.15) is 0 Å². The Morgan fingerprint density at radius 1 is 0.282 bits per heavy atom. The minimum absolute atomic E-state index is 0.0299. The van der Waals surface area contributed by atoms with Gasteiger partial charge in [0, 0.05) is 16.9 Å². The minimum atomic E-state index is -0.547. The lowest BCUT2D eigenvalue weighted by Crippen LogP contribution is -2.29. The summed E-state index contributed by atoms with van der Waals surface area (Å²) in [6.07, 6.45) is 0. The van der Waals surface area contributed by atoms with E-state index in [4.69, 9.17) is 0 Å². The maximum Gasteiger partial charge on any atom is 0.0714 e. The highest BCUT2D eigenvalue weighted by atomic mass is 15.1. The maximum absolute atomic E-state index is 2.52. The normalized spacial score (nSPS) is 14.0. The van der Waals surface area contributed by atoms with Gasteiger partial charge in [-0.25, -0.2) is 0 Å². The molecule has 12 rings (SSSR count). The van der Waals surface area contributed by atoms with E-state index in [0.717, 1.165) is 17.1 Å². The second-order valence-corrected chi connectivity index (χ2v) is 21.7. The Balaban J connectivity index is 1.13. The molecular weight excluding hydrogens is 855 g/mol. The second-order valence-electron chi connectivity index (χ2n) is 21.7. The van der Waals surface area contributed by atoms with Gasteiger partial charge in [-0.05, 0) is 125 Å². The topological polar surface area (TPSA) is 3.24 Å². The highest BCUT2D eigenvalue weighted by Gasteiger charge is 2.48. The van der Waals surface area contributed by atoms with Crippen molar-refractivity contribution in [3.8, 4) is 33.4 Å². The number of anilines is 3. The Bertz CT molecular complexity index is 3470. The smallest absolute Gasteiger partial charge is 0.0714 e. The Morgan fingerprint density at radius 3 is 1.20 bits per heavy atom. The van der Waals surface area contributed by atoms with Crippen molar-refractivity contribution in [3.05, 3.63) is 304 Å². The number of nitrogens with zero attached hydrogens (tertiary/aromatic N) is 1. The first-order valence-corrected chi connectivity index (χ1v) is 25.3. The largest absolute Gasteiger partial charge is 0.310 e. The van der Waals surface area contributed by atoms with Crippen LogP contribution in [0.15, 0.2) is 249 Å². The number of hydrogen-bond donors (Lipinski definition) is 0. The van der Waals surface area contributed by atoms with Crippen LogP contribution >= 0.6 is 0 Å². The molecule has 10 aromatic rings. The Hall–Kier alpha value is -8.00. The van der Waals surface area contributed by atoms with E-state index in [1.54, 1.807) is 0 Å². The van der Waals surface area contributed by atoms with E-state index in [2.05, 4.69) is 295 Å². The van der Waals surface area contributed by atoms with Crippen molar-refractivity contribution in [2.75, 3.05) is 4.90 Å². The van der Waals surface area contributed by atoms with E-state index in [0.29, 0.717) is 0 Å². The number of rotatable bonds is 8. The average Bonchev–Trinajstić information content (AvgIpc) is 3.87. The zero-order valence-corrected chi connectivity index (χ0v) is 41.6. The molecule has 0 bridgehead atoms.